The second-order valence-electron chi connectivity index (χ2n) is 1.38. The second-order valence-corrected chi connectivity index (χ2v) is 2.95. The summed E-state index contributed by atoms with van der Waals surface area (Å²) in [5, 5.41) is 15.5. The van der Waals surface area contributed by atoms with E-state index in [0.29, 0.717) is 0 Å². The van der Waals surface area contributed by atoms with Gasteiger partial charge in [0, 0.05) is 0 Å². The molecule has 0 rings (SSSR count). The van der Waals surface area contributed by atoms with Crippen molar-refractivity contribution in [2.75, 3.05) is 12.3 Å². The first kappa shape index (κ1) is 8.79. The monoisotopic (exact) mass is 157 g/mol. The van der Waals surface area contributed by atoms with Gasteiger partial charge in [-0.1, -0.05) is 5.23 Å². The third-order valence-electron chi connectivity index (χ3n) is 0.549. The highest BCUT2D eigenvalue weighted by molar-refractivity contribution is 7.85. The van der Waals surface area contributed by atoms with Crippen molar-refractivity contribution < 1.29 is 23.4 Å². The summed E-state index contributed by atoms with van der Waals surface area (Å²) in [5.74, 6) is -0.694. The zero-order valence-electron chi connectivity index (χ0n) is 4.43. The molecule has 56 valence electrons. The molecule has 0 aromatic carbocycles. The topological polar surface area (TPSA) is 98.1 Å². The molecule has 0 aliphatic heterocycles. The van der Waals surface area contributed by atoms with Crippen LogP contribution in [0, 0.1) is 0 Å². The smallest absolute Gasteiger partial charge is 0.266 e. The van der Waals surface area contributed by atoms with E-state index in [2.05, 4.69) is 0 Å². The minimum absolute atomic E-state index is 0.312. The molecule has 0 aliphatic rings. The van der Waals surface area contributed by atoms with E-state index in [0.717, 1.165) is 0 Å². The van der Waals surface area contributed by atoms with Gasteiger partial charge in [0.05, 0.1) is 12.3 Å². The van der Waals surface area contributed by atoms with E-state index in [4.69, 9.17) is 15.0 Å². The number of hydrogen-bond acceptors (Lipinski definition) is 5. The molecule has 0 atom stereocenters. The number of hydrogen-bond donors (Lipinski definition) is 3. The van der Waals surface area contributed by atoms with Crippen molar-refractivity contribution in [2.24, 2.45) is 0 Å². The predicted molar refractivity (Wildman–Crippen MR) is 26.7 cm³/mol. The van der Waals surface area contributed by atoms with E-state index >= 15 is 0 Å². The van der Waals surface area contributed by atoms with Crippen molar-refractivity contribution in [2.45, 2.75) is 0 Å². The van der Waals surface area contributed by atoms with Crippen LogP contribution in [0.25, 0.3) is 0 Å². The summed E-state index contributed by atoms with van der Waals surface area (Å²) >= 11 is 0. The Hall–Kier alpha value is -0.210. The van der Waals surface area contributed by atoms with Crippen LogP contribution in [-0.2, 0) is 10.1 Å². The van der Waals surface area contributed by atoms with Gasteiger partial charge in [-0.2, -0.15) is 8.42 Å². The summed E-state index contributed by atoms with van der Waals surface area (Å²) in [6.07, 6.45) is 0. The molecule has 0 spiro atoms. The van der Waals surface area contributed by atoms with Crippen LogP contribution in [0.5, 0.6) is 0 Å². The van der Waals surface area contributed by atoms with Gasteiger partial charge in [0.15, 0.2) is 0 Å². The van der Waals surface area contributed by atoms with E-state index in [9.17, 15) is 8.42 Å². The van der Waals surface area contributed by atoms with Gasteiger partial charge in [-0.3, -0.25) is 15.0 Å². The second kappa shape index (κ2) is 3.08. The summed E-state index contributed by atoms with van der Waals surface area (Å²) < 4.78 is 27.7. The molecule has 0 saturated heterocycles. The van der Waals surface area contributed by atoms with Crippen LogP contribution in [0.1, 0.15) is 0 Å². The van der Waals surface area contributed by atoms with Crippen LogP contribution in [0.15, 0.2) is 0 Å². The standard InChI is InChI=1S/C2H7NO5S/c4-3(5)1-2-9(6,7)8/h4-5H,1-2H2,(H,6,7,8). The number of rotatable bonds is 3. The predicted octanol–water partition coefficient (Wildman–Crippen LogP) is -1.05. The molecule has 0 bridgehead atoms. The molecular formula is C2H7NO5S. The van der Waals surface area contributed by atoms with Gasteiger partial charge in [0.2, 0.25) is 0 Å². The molecule has 0 aromatic rings. The quantitative estimate of drug-likeness (QED) is 0.357. The van der Waals surface area contributed by atoms with Crippen LogP contribution in [0.4, 0.5) is 0 Å². The Kier molecular flexibility index (Phi) is 3.01. The van der Waals surface area contributed by atoms with Crippen LogP contribution in [-0.4, -0.2) is 40.9 Å². The van der Waals surface area contributed by atoms with Crippen molar-refractivity contribution in [3.8, 4) is 0 Å². The largest absolute Gasteiger partial charge is 0.290 e. The van der Waals surface area contributed by atoms with Crippen LogP contribution in [0.3, 0.4) is 0 Å². The summed E-state index contributed by atoms with van der Waals surface area (Å²) in [7, 11) is -4.08. The molecule has 0 aliphatic carbocycles. The lowest BCUT2D eigenvalue weighted by atomic mass is 10.8. The number of hydroxylamine groups is 2. The van der Waals surface area contributed by atoms with E-state index < -0.39 is 22.4 Å². The fraction of sp³-hybridized carbons (Fsp3) is 1.00. The molecule has 0 amide bonds. The van der Waals surface area contributed by atoms with E-state index in [1.54, 1.807) is 0 Å². The molecule has 0 saturated carbocycles. The highest BCUT2D eigenvalue weighted by atomic mass is 32.2. The zero-order valence-corrected chi connectivity index (χ0v) is 5.24. The normalized spacial score (nSPS) is 12.4. The van der Waals surface area contributed by atoms with Crippen molar-refractivity contribution in [3.05, 3.63) is 0 Å². The fourth-order valence-electron chi connectivity index (χ4n) is 0.197. The Morgan fingerprint density at radius 1 is 1.33 bits per heavy atom. The van der Waals surface area contributed by atoms with Crippen molar-refractivity contribution in [1.82, 2.24) is 5.23 Å². The summed E-state index contributed by atoms with van der Waals surface area (Å²) in [6, 6.07) is 0. The average Bonchev–Trinajstić information content (AvgIpc) is 1.59. The van der Waals surface area contributed by atoms with Gasteiger partial charge in [0.1, 0.15) is 0 Å². The molecule has 7 heteroatoms. The minimum atomic E-state index is -4.08. The van der Waals surface area contributed by atoms with Crippen LogP contribution < -0.4 is 0 Å². The molecule has 6 nitrogen and oxygen atoms in total. The highest BCUT2D eigenvalue weighted by Gasteiger charge is 2.05. The van der Waals surface area contributed by atoms with Gasteiger partial charge in [0.25, 0.3) is 10.1 Å². The lowest BCUT2D eigenvalue weighted by Gasteiger charge is -2.01. The highest BCUT2D eigenvalue weighted by Crippen LogP contribution is 1.81. The van der Waals surface area contributed by atoms with Crippen LogP contribution in [0.2, 0.25) is 0 Å². The number of nitrogens with zero attached hydrogens (tertiary/aromatic N) is 1. The van der Waals surface area contributed by atoms with E-state index in [1.165, 1.54) is 0 Å². The molecule has 0 unspecified atom stereocenters. The van der Waals surface area contributed by atoms with Gasteiger partial charge in [-0.15, -0.1) is 0 Å². The Balaban J connectivity index is 3.53. The molecule has 0 radical (unpaired) electrons. The molecule has 3 N–H and O–H groups in total. The maximum Gasteiger partial charge on any atom is 0.266 e. The first-order chi connectivity index (χ1) is 3.92. The lowest BCUT2D eigenvalue weighted by Crippen LogP contribution is -2.22. The average molecular weight is 157 g/mol. The van der Waals surface area contributed by atoms with E-state index in [-0.39, 0.29) is 5.23 Å². The van der Waals surface area contributed by atoms with Gasteiger partial charge in [-0.05, 0) is 0 Å². The first-order valence-electron chi connectivity index (χ1n) is 2.02. The Bertz CT molecular complexity index is 160. The van der Waals surface area contributed by atoms with Gasteiger partial charge < -0.3 is 0 Å². The summed E-state index contributed by atoms with van der Waals surface area (Å²) in [4.78, 5) is 0. The van der Waals surface area contributed by atoms with Crippen molar-refractivity contribution >= 4 is 10.1 Å². The first-order valence-corrected chi connectivity index (χ1v) is 3.63. The fourth-order valence-corrected chi connectivity index (χ4v) is 0.591. The maximum absolute atomic E-state index is 9.84. The van der Waals surface area contributed by atoms with E-state index in [1.807, 2.05) is 0 Å². The third kappa shape index (κ3) is 7.79. The molecule has 0 fully saturated rings. The van der Waals surface area contributed by atoms with Gasteiger partial charge in [-0.25, -0.2) is 0 Å². The lowest BCUT2D eigenvalue weighted by molar-refractivity contribution is -0.303. The van der Waals surface area contributed by atoms with Crippen molar-refractivity contribution in [3.63, 3.8) is 0 Å². The minimum Gasteiger partial charge on any atom is -0.290 e. The van der Waals surface area contributed by atoms with Gasteiger partial charge >= 0.3 is 0 Å². The SMILES string of the molecule is O=S(=O)(O)CCN(O)O. The summed E-state index contributed by atoms with van der Waals surface area (Å²) in [5.41, 5.74) is 0. The van der Waals surface area contributed by atoms with Crippen LogP contribution >= 0.6 is 0 Å². The zero-order chi connectivity index (χ0) is 7.49. The Morgan fingerprint density at radius 3 is 1.89 bits per heavy atom. The molecular weight excluding hydrogens is 150 g/mol. The van der Waals surface area contributed by atoms with Crippen molar-refractivity contribution in [1.29, 1.82) is 0 Å². The summed E-state index contributed by atoms with van der Waals surface area (Å²) in [6.45, 7) is -0.529. The molecule has 0 heterocycles. The molecule has 9 heavy (non-hydrogen) atoms. The Morgan fingerprint density at radius 2 is 1.78 bits per heavy atom. The Labute approximate surface area is 52.0 Å². The third-order valence-corrected chi connectivity index (χ3v) is 1.25. The maximum atomic E-state index is 9.84. The molecule has 0 aromatic heterocycles.